The monoisotopic (exact) mass is 444 g/mol. The zero-order chi connectivity index (χ0) is 23.0. The molecule has 0 spiro atoms. The van der Waals surface area contributed by atoms with Crippen molar-refractivity contribution < 1.29 is 14.3 Å². The highest BCUT2D eigenvalue weighted by Gasteiger charge is 2.23. The minimum absolute atomic E-state index is 0.0887. The Morgan fingerprint density at radius 3 is 2.12 bits per heavy atom. The van der Waals surface area contributed by atoms with Gasteiger partial charge in [-0.1, -0.05) is 25.1 Å². The third-order valence-corrected chi connectivity index (χ3v) is 5.46. The molecule has 1 heterocycles. The van der Waals surface area contributed by atoms with Gasteiger partial charge in [-0.25, -0.2) is 4.79 Å². The van der Waals surface area contributed by atoms with Gasteiger partial charge in [-0.2, -0.15) is 0 Å². The molecule has 3 N–H and O–H groups in total. The van der Waals surface area contributed by atoms with Crippen LogP contribution < -0.4 is 25.6 Å². The summed E-state index contributed by atoms with van der Waals surface area (Å²) in [6.45, 7) is 3.55. The van der Waals surface area contributed by atoms with Crippen LogP contribution in [0.1, 0.15) is 19.8 Å². The number of amides is 3. The molecule has 0 radical (unpaired) electrons. The Morgan fingerprint density at radius 1 is 0.879 bits per heavy atom. The van der Waals surface area contributed by atoms with Crippen LogP contribution in [0.25, 0.3) is 0 Å². The van der Waals surface area contributed by atoms with Crippen LogP contribution >= 0.6 is 0 Å². The van der Waals surface area contributed by atoms with Crippen LogP contribution in [-0.2, 0) is 4.79 Å². The number of hydrogen-bond donors (Lipinski definition) is 3. The molecule has 0 aliphatic carbocycles. The number of ether oxygens (including phenoxy) is 1. The van der Waals surface area contributed by atoms with E-state index in [2.05, 4.69) is 20.9 Å². The fourth-order valence-electron chi connectivity index (χ4n) is 3.72. The number of carbonyl (C=O) groups excluding carboxylic acids is 2. The van der Waals surface area contributed by atoms with E-state index in [1.165, 1.54) is 0 Å². The van der Waals surface area contributed by atoms with Gasteiger partial charge in [0, 0.05) is 42.6 Å². The zero-order valence-corrected chi connectivity index (χ0v) is 18.6. The number of nitrogens with zero attached hydrogens (tertiary/aromatic N) is 1. The van der Waals surface area contributed by atoms with E-state index < -0.39 is 0 Å². The molecule has 1 unspecified atom stereocenters. The lowest BCUT2D eigenvalue weighted by molar-refractivity contribution is -0.121. The molecule has 33 heavy (non-hydrogen) atoms. The molecule has 1 aliphatic heterocycles. The molecule has 7 nitrogen and oxygen atoms in total. The van der Waals surface area contributed by atoms with Crippen LogP contribution in [0.3, 0.4) is 0 Å². The van der Waals surface area contributed by atoms with E-state index in [4.69, 9.17) is 4.74 Å². The molecule has 1 aliphatic rings. The molecule has 3 amide bonds. The number of rotatable bonds is 7. The number of hydrogen-bond acceptors (Lipinski definition) is 4. The van der Waals surface area contributed by atoms with Crippen molar-refractivity contribution in [2.75, 3.05) is 28.6 Å². The van der Waals surface area contributed by atoms with Gasteiger partial charge in [-0.05, 0) is 67.1 Å². The van der Waals surface area contributed by atoms with Crippen LogP contribution in [0.15, 0.2) is 78.9 Å². The smallest absolute Gasteiger partial charge is 0.323 e. The second-order valence-corrected chi connectivity index (χ2v) is 7.92. The van der Waals surface area contributed by atoms with E-state index in [1.807, 2.05) is 73.7 Å². The molecule has 0 aromatic heterocycles. The summed E-state index contributed by atoms with van der Waals surface area (Å²) >= 11 is 0. The van der Waals surface area contributed by atoms with Crippen LogP contribution in [-0.4, -0.2) is 31.1 Å². The molecular weight excluding hydrogens is 416 g/mol. The minimum atomic E-state index is -0.317. The molecule has 1 atom stereocenters. The lowest BCUT2D eigenvalue weighted by Crippen LogP contribution is -2.36. The van der Waals surface area contributed by atoms with Crippen molar-refractivity contribution in [3.63, 3.8) is 0 Å². The Balaban J connectivity index is 1.26. The van der Waals surface area contributed by atoms with Gasteiger partial charge in [-0.15, -0.1) is 0 Å². The first kappa shape index (κ1) is 22.2. The molecule has 4 rings (SSSR count). The molecule has 3 aromatic carbocycles. The largest absolute Gasteiger partial charge is 0.457 e. The molecule has 3 aromatic rings. The first-order chi connectivity index (χ1) is 16.1. The number of para-hydroxylation sites is 1. The van der Waals surface area contributed by atoms with Gasteiger partial charge in [0.25, 0.3) is 0 Å². The highest BCUT2D eigenvalue weighted by molar-refractivity contribution is 5.99. The standard InChI is InChI=1S/C26H28N4O3/c1-2-25(31)27-21-16-17-30(18-21)22-12-8-19(9-13-22)28-26(32)29-20-10-14-24(15-11-20)33-23-6-4-3-5-7-23/h3-15,21H,2,16-18H2,1H3,(H,27,31)(H2,28,29,32). The minimum Gasteiger partial charge on any atom is -0.457 e. The average molecular weight is 445 g/mol. The highest BCUT2D eigenvalue weighted by Crippen LogP contribution is 2.24. The van der Waals surface area contributed by atoms with Gasteiger partial charge in [-0.3, -0.25) is 4.79 Å². The summed E-state index contributed by atoms with van der Waals surface area (Å²) in [4.78, 5) is 26.2. The Labute approximate surface area is 193 Å². The summed E-state index contributed by atoms with van der Waals surface area (Å²) in [6, 6.07) is 24.3. The van der Waals surface area contributed by atoms with Crippen molar-refractivity contribution in [2.24, 2.45) is 0 Å². The summed E-state index contributed by atoms with van der Waals surface area (Å²) in [7, 11) is 0. The van der Waals surface area contributed by atoms with Crippen LogP contribution in [0, 0.1) is 0 Å². The third-order valence-electron chi connectivity index (χ3n) is 5.46. The van der Waals surface area contributed by atoms with Crippen LogP contribution in [0.5, 0.6) is 11.5 Å². The molecule has 1 saturated heterocycles. The SMILES string of the molecule is CCC(=O)NC1CCN(c2ccc(NC(=O)Nc3ccc(Oc4ccccc4)cc3)cc2)C1. The predicted octanol–water partition coefficient (Wildman–Crippen LogP) is 5.23. The maximum Gasteiger partial charge on any atom is 0.323 e. The van der Waals surface area contributed by atoms with Crippen molar-refractivity contribution in [1.82, 2.24) is 5.32 Å². The van der Waals surface area contributed by atoms with E-state index in [0.717, 1.165) is 30.9 Å². The van der Waals surface area contributed by atoms with E-state index in [-0.39, 0.29) is 18.0 Å². The Hall–Kier alpha value is -4.00. The topological polar surface area (TPSA) is 82.7 Å². The summed E-state index contributed by atoms with van der Waals surface area (Å²) in [6.07, 6.45) is 1.44. The van der Waals surface area contributed by atoms with E-state index >= 15 is 0 Å². The summed E-state index contributed by atoms with van der Waals surface area (Å²) in [5.41, 5.74) is 2.44. The van der Waals surface area contributed by atoms with Gasteiger partial charge < -0.3 is 25.6 Å². The molecule has 0 bridgehead atoms. The average Bonchev–Trinajstić information content (AvgIpc) is 3.30. The van der Waals surface area contributed by atoms with Crippen LogP contribution in [0.2, 0.25) is 0 Å². The maximum atomic E-state index is 12.4. The summed E-state index contributed by atoms with van der Waals surface area (Å²) in [5.74, 6) is 1.54. The molecule has 7 heteroatoms. The van der Waals surface area contributed by atoms with Crippen molar-refractivity contribution in [3.8, 4) is 11.5 Å². The van der Waals surface area contributed by atoms with Gasteiger partial charge in [0.1, 0.15) is 11.5 Å². The lowest BCUT2D eigenvalue weighted by Gasteiger charge is -2.19. The van der Waals surface area contributed by atoms with Crippen molar-refractivity contribution in [2.45, 2.75) is 25.8 Å². The van der Waals surface area contributed by atoms with Crippen LogP contribution in [0.4, 0.5) is 21.9 Å². The zero-order valence-electron chi connectivity index (χ0n) is 18.6. The quantitative estimate of drug-likeness (QED) is 0.466. The third kappa shape index (κ3) is 6.26. The predicted molar refractivity (Wildman–Crippen MR) is 131 cm³/mol. The Bertz CT molecular complexity index is 1070. The number of nitrogens with one attached hydrogen (secondary N) is 3. The second kappa shape index (κ2) is 10.5. The fourth-order valence-corrected chi connectivity index (χ4v) is 3.72. The lowest BCUT2D eigenvalue weighted by atomic mass is 10.2. The summed E-state index contributed by atoms with van der Waals surface area (Å²) < 4.78 is 5.77. The Morgan fingerprint density at radius 2 is 1.48 bits per heavy atom. The van der Waals surface area contributed by atoms with E-state index in [9.17, 15) is 9.59 Å². The molecule has 170 valence electrons. The maximum absolute atomic E-state index is 12.4. The highest BCUT2D eigenvalue weighted by atomic mass is 16.5. The first-order valence-electron chi connectivity index (χ1n) is 11.1. The number of carbonyl (C=O) groups is 2. The van der Waals surface area contributed by atoms with Crippen molar-refractivity contribution in [1.29, 1.82) is 0 Å². The number of urea groups is 1. The van der Waals surface area contributed by atoms with E-state index in [0.29, 0.717) is 23.5 Å². The van der Waals surface area contributed by atoms with Gasteiger partial charge in [0.2, 0.25) is 5.91 Å². The molecule has 0 saturated carbocycles. The van der Waals surface area contributed by atoms with Crippen molar-refractivity contribution >= 4 is 29.0 Å². The Kier molecular flexibility index (Phi) is 7.09. The number of benzene rings is 3. The fraction of sp³-hybridized carbons (Fsp3) is 0.231. The first-order valence-corrected chi connectivity index (χ1v) is 11.1. The van der Waals surface area contributed by atoms with E-state index in [1.54, 1.807) is 12.1 Å². The summed E-state index contributed by atoms with van der Waals surface area (Å²) in [5, 5.41) is 8.72. The normalized spacial score (nSPS) is 15.1. The molecule has 1 fully saturated rings. The number of anilines is 3. The van der Waals surface area contributed by atoms with Gasteiger partial charge in [0.05, 0.1) is 0 Å². The molecular formula is C26H28N4O3. The van der Waals surface area contributed by atoms with Crippen molar-refractivity contribution in [3.05, 3.63) is 78.9 Å². The second-order valence-electron chi connectivity index (χ2n) is 7.92. The van der Waals surface area contributed by atoms with Gasteiger partial charge >= 0.3 is 6.03 Å². The van der Waals surface area contributed by atoms with Gasteiger partial charge in [0.15, 0.2) is 0 Å².